The number of nitrogens with zero attached hydrogens (tertiary/aromatic N) is 3. The third kappa shape index (κ3) is 5.95. The Kier molecular flexibility index (Phi) is 6.68. The van der Waals surface area contributed by atoms with Crippen LogP contribution >= 0.6 is 6.72 Å². The molecule has 7 nitrogen and oxygen atoms in total. The third-order valence-corrected chi connectivity index (χ3v) is 4.89. The summed E-state index contributed by atoms with van der Waals surface area (Å²) in [6.45, 7) is -2.81. The van der Waals surface area contributed by atoms with Crippen molar-refractivity contribution in [2.45, 2.75) is 31.8 Å². The van der Waals surface area contributed by atoms with Gasteiger partial charge in [0.25, 0.3) is 0 Å². The van der Waals surface area contributed by atoms with Crippen LogP contribution in [0.2, 0.25) is 0 Å². The molecule has 1 aliphatic carbocycles. The van der Waals surface area contributed by atoms with Crippen molar-refractivity contribution in [2.24, 2.45) is 5.92 Å². The standard InChI is InChI=1S/C13H18N3O4PS/c14-5-1-7-18-21(17,22)19-9-11-2-3-12(8-11)20-13-4-6-15-10-16-13/h4,6,10-12H,1-3,7-9H2,(H,17,22)/t11-,12+,21?/m1/s1. The minimum absolute atomic E-state index is 0.0829. The highest BCUT2D eigenvalue weighted by molar-refractivity contribution is 8.07. The van der Waals surface area contributed by atoms with Gasteiger partial charge in [0, 0.05) is 12.3 Å². The molecule has 1 unspecified atom stereocenters. The lowest BCUT2D eigenvalue weighted by molar-refractivity contribution is 0.160. The van der Waals surface area contributed by atoms with Crippen molar-refractivity contribution in [3.8, 4) is 11.9 Å². The molecule has 120 valence electrons. The molecule has 1 fully saturated rings. The number of nitriles is 1. The maximum Gasteiger partial charge on any atom is 0.324 e. The average molecular weight is 343 g/mol. The molecule has 1 saturated carbocycles. The van der Waals surface area contributed by atoms with E-state index in [1.54, 1.807) is 12.3 Å². The van der Waals surface area contributed by atoms with Gasteiger partial charge in [0.05, 0.1) is 25.7 Å². The van der Waals surface area contributed by atoms with Crippen LogP contribution in [0.25, 0.3) is 0 Å². The highest BCUT2D eigenvalue weighted by Crippen LogP contribution is 2.45. The minimum atomic E-state index is -3.24. The van der Waals surface area contributed by atoms with Crippen molar-refractivity contribution in [3.63, 3.8) is 0 Å². The predicted molar refractivity (Wildman–Crippen MR) is 82.4 cm³/mol. The molecule has 9 heteroatoms. The summed E-state index contributed by atoms with van der Waals surface area (Å²) in [5, 5.41) is 8.42. The molecule has 0 radical (unpaired) electrons. The lowest BCUT2D eigenvalue weighted by Gasteiger charge is -2.18. The SMILES string of the molecule is N#CCCOP(O)(=S)OC[C@@H]1CC[C@H](Oc2ccncn2)C1. The molecule has 0 aliphatic heterocycles. The molecule has 1 aromatic heterocycles. The smallest absolute Gasteiger partial charge is 0.324 e. The highest BCUT2D eigenvalue weighted by Gasteiger charge is 2.28. The Morgan fingerprint density at radius 1 is 1.45 bits per heavy atom. The molecule has 3 atom stereocenters. The molecule has 0 amide bonds. The van der Waals surface area contributed by atoms with E-state index in [1.807, 2.05) is 6.07 Å². The van der Waals surface area contributed by atoms with E-state index in [2.05, 4.69) is 9.97 Å². The van der Waals surface area contributed by atoms with Crippen molar-refractivity contribution < 1.29 is 18.7 Å². The van der Waals surface area contributed by atoms with Crippen LogP contribution in [0.5, 0.6) is 5.88 Å². The molecular weight excluding hydrogens is 325 g/mol. The number of hydrogen-bond donors (Lipinski definition) is 1. The molecule has 1 N–H and O–H groups in total. The van der Waals surface area contributed by atoms with Gasteiger partial charge in [-0.15, -0.1) is 0 Å². The average Bonchev–Trinajstić information content (AvgIpc) is 2.94. The van der Waals surface area contributed by atoms with Gasteiger partial charge < -0.3 is 18.7 Å². The van der Waals surface area contributed by atoms with Gasteiger partial charge in [0.15, 0.2) is 0 Å². The summed E-state index contributed by atoms with van der Waals surface area (Å²) in [6, 6.07) is 3.64. The maximum absolute atomic E-state index is 9.83. The molecule has 0 bridgehead atoms. The largest absolute Gasteiger partial charge is 0.474 e. The van der Waals surface area contributed by atoms with Crippen LogP contribution in [0.3, 0.4) is 0 Å². The van der Waals surface area contributed by atoms with Crippen molar-refractivity contribution >= 4 is 18.5 Å². The Balaban J connectivity index is 1.70. The van der Waals surface area contributed by atoms with Crippen LogP contribution in [0, 0.1) is 17.2 Å². The van der Waals surface area contributed by atoms with Gasteiger partial charge in [-0.2, -0.15) is 5.26 Å². The summed E-state index contributed by atoms with van der Waals surface area (Å²) < 4.78 is 16.1. The summed E-state index contributed by atoms with van der Waals surface area (Å²) in [5.74, 6) is 0.828. The molecule has 0 spiro atoms. The second-order valence-corrected chi connectivity index (χ2v) is 7.81. The van der Waals surface area contributed by atoms with E-state index < -0.39 is 6.72 Å². The van der Waals surface area contributed by atoms with Crippen LogP contribution in [-0.2, 0) is 20.9 Å². The van der Waals surface area contributed by atoms with Gasteiger partial charge in [0.2, 0.25) is 5.88 Å². The zero-order valence-electron chi connectivity index (χ0n) is 12.0. The van der Waals surface area contributed by atoms with E-state index in [-0.39, 0.29) is 25.0 Å². The summed E-state index contributed by atoms with van der Waals surface area (Å²) in [6.07, 6.45) is 6.01. The van der Waals surface area contributed by atoms with Crippen LogP contribution in [0.4, 0.5) is 0 Å². The van der Waals surface area contributed by atoms with Crippen LogP contribution in [0.1, 0.15) is 25.7 Å². The molecule has 1 heterocycles. The molecule has 2 rings (SSSR count). The van der Waals surface area contributed by atoms with E-state index in [4.69, 9.17) is 30.9 Å². The predicted octanol–water partition coefficient (Wildman–Crippen LogP) is 2.19. The third-order valence-electron chi connectivity index (χ3n) is 3.28. The number of hydrogen-bond acceptors (Lipinski definition) is 7. The minimum Gasteiger partial charge on any atom is -0.474 e. The summed E-state index contributed by atoms with van der Waals surface area (Å²) >= 11 is 4.89. The molecule has 22 heavy (non-hydrogen) atoms. The maximum atomic E-state index is 9.83. The van der Waals surface area contributed by atoms with Crippen LogP contribution < -0.4 is 4.74 Å². The Morgan fingerprint density at radius 2 is 2.32 bits per heavy atom. The Hall–Kier alpha value is -1.10. The van der Waals surface area contributed by atoms with E-state index in [0.29, 0.717) is 12.5 Å². The van der Waals surface area contributed by atoms with Crippen LogP contribution in [0.15, 0.2) is 18.6 Å². The summed E-state index contributed by atoms with van der Waals surface area (Å²) in [4.78, 5) is 17.7. The Labute approximate surface area is 134 Å². The van der Waals surface area contributed by atoms with Gasteiger partial charge in [-0.3, -0.25) is 0 Å². The van der Waals surface area contributed by atoms with Gasteiger partial charge in [-0.1, -0.05) is 0 Å². The lowest BCUT2D eigenvalue weighted by atomic mass is 10.1. The van der Waals surface area contributed by atoms with Gasteiger partial charge >= 0.3 is 6.72 Å². The van der Waals surface area contributed by atoms with Crippen LogP contribution in [-0.4, -0.2) is 34.2 Å². The van der Waals surface area contributed by atoms with Gasteiger partial charge in [-0.25, -0.2) is 9.97 Å². The van der Waals surface area contributed by atoms with E-state index in [9.17, 15) is 4.89 Å². The number of ether oxygens (including phenoxy) is 1. The number of rotatable bonds is 8. The monoisotopic (exact) mass is 343 g/mol. The summed E-state index contributed by atoms with van der Waals surface area (Å²) in [5.41, 5.74) is 0. The van der Waals surface area contributed by atoms with Crippen molar-refractivity contribution in [1.29, 1.82) is 5.26 Å². The first-order valence-electron chi connectivity index (χ1n) is 7.00. The normalized spacial score (nSPS) is 23.6. The summed E-state index contributed by atoms with van der Waals surface area (Å²) in [7, 11) is 0. The lowest BCUT2D eigenvalue weighted by Crippen LogP contribution is -2.14. The van der Waals surface area contributed by atoms with E-state index in [1.165, 1.54) is 6.33 Å². The number of aromatic nitrogens is 2. The Bertz CT molecular complexity index is 554. The quantitative estimate of drug-likeness (QED) is 0.567. The fourth-order valence-electron chi connectivity index (χ4n) is 2.25. The first-order valence-corrected chi connectivity index (χ1v) is 9.59. The molecule has 0 saturated heterocycles. The second kappa shape index (κ2) is 8.51. The molecule has 1 aliphatic rings. The van der Waals surface area contributed by atoms with Gasteiger partial charge in [-0.05, 0) is 37.0 Å². The fourth-order valence-corrected chi connectivity index (χ4v) is 3.45. The van der Waals surface area contributed by atoms with Gasteiger partial charge in [0.1, 0.15) is 12.4 Å². The topological polar surface area (TPSA) is 97.5 Å². The van der Waals surface area contributed by atoms with Crippen molar-refractivity contribution in [1.82, 2.24) is 9.97 Å². The Morgan fingerprint density at radius 3 is 3.05 bits per heavy atom. The second-order valence-electron chi connectivity index (χ2n) is 4.97. The van der Waals surface area contributed by atoms with Crippen molar-refractivity contribution in [2.75, 3.05) is 13.2 Å². The zero-order valence-corrected chi connectivity index (χ0v) is 13.7. The fraction of sp³-hybridized carbons (Fsp3) is 0.615. The zero-order chi connectivity index (χ0) is 15.8. The first-order chi connectivity index (χ1) is 10.6. The van der Waals surface area contributed by atoms with Crippen molar-refractivity contribution in [3.05, 3.63) is 18.6 Å². The molecular formula is C13H18N3O4PS. The van der Waals surface area contributed by atoms with E-state index >= 15 is 0 Å². The molecule has 1 aromatic rings. The molecule has 0 aromatic carbocycles. The first kappa shape index (κ1) is 17.3. The highest BCUT2D eigenvalue weighted by atomic mass is 32.5. The van der Waals surface area contributed by atoms with E-state index in [0.717, 1.165) is 19.3 Å².